The molecule has 3 aromatic rings. The van der Waals surface area contributed by atoms with E-state index in [0.29, 0.717) is 10.0 Å². The van der Waals surface area contributed by atoms with Crippen LogP contribution < -0.4 is 5.32 Å². The minimum absolute atomic E-state index is 0.0257. The van der Waals surface area contributed by atoms with E-state index in [-0.39, 0.29) is 6.04 Å². The molecule has 1 N–H and O–H groups in total. The van der Waals surface area contributed by atoms with Gasteiger partial charge in [0, 0.05) is 10.0 Å². The lowest BCUT2D eigenvalue weighted by Crippen LogP contribution is -2.08. The van der Waals surface area contributed by atoms with Crippen LogP contribution in [0.25, 0.3) is 10.2 Å². The Labute approximate surface area is 130 Å². The maximum atomic E-state index is 6.23. The summed E-state index contributed by atoms with van der Waals surface area (Å²) in [5.41, 5.74) is 0.984. The molecule has 0 unspecified atom stereocenters. The lowest BCUT2D eigenvalue weighted by atomic mass is 10.1. The Morgan fingerprint density at radius 2 is 2.05 bits per heavy atom. The summed E-state index contributed by atoms with van der Waals surface area (Å²) < 4.78 is 0. The summed E-state index contributed by atoms with van der Waals surface area (Å²) in [6, 6.07) is 7.54. The summed E-state index contributed by atoms with van der Waals surface area (Å²) >= 11 is 13.7. The Balaban J connectivity index is 1.92. The molecule has 0 aliphatic rings. The van der Waals surface area contributed by atoms with Gasteiger partial charge in [-0.25, -0.2) is 9.97 Å². The zero-order valence-electron chi connectivity index (χ0n) is 10.6. The molecule has 6 heteroatoms. The summed E-state index contributed by atoms with van der Waals surface area (Å²) in [5, 5.41) is 7.68. The molecule has 0 radical (unpaired) electrons. The van der Waals surface area contributed by atoms with Gasteiger partial charge in [0.2, 0.25) is 0 Å². The fourth-order valence-corrected chi connectivity index (χ4v) is 3.35. The number of benzene rings is 1. The van der Waals surface area contributed by atoms with Gasteiger partial charge in [-0.3, -0.25) is 0 Å². The third-order valence-electron chi connectivity index (χ3n) is 3.04. The Morgan fingerprint density at radius 3 is 2.85 bits per heavy atom. The van der Waals surface area contributed by atoms with Crippen LogP contribution in [0.5, 0.6) is 0 Å². The van der Waals surface area contributed by atoms with Gasteiger partial charge in [0.15, 0.2) is 0 Å². The molecule has 0 saturated heterocycles. The first-order valence-corrected chi connectivity index (χ1v) is 7.68. The predicted molar refractivity (Wildman–Crippen MR) is 85.9 cm³/mol. The van der Waals surface area contributed by atoms with Crippen LogP contribution in [0.2, 0.25) is 10.0 Å². The number of thiophene rings is 1. The van der Waals surface area contributed by atoms with E-state index in [9.17, 15) is 0 Å². The zero-order valence-corrected chi connectivity index (χ0v) is 12.9. The molecule has 1 atom stereocenters. The van der Waals surface area contributed by atoms with E-state index in [0.717, 1.165) is 21.6 Å². The molecule has 3 rings (SSSR count). The van der Waals surface area contributed by atoms with Gasteiger partial charge in [0.25, 0.3) is 0 Å². The van der Waals surface area contributed by atoms with Crippen molar-refractivity contribution in [2.75, 3.05) is 5.32 Å². The van der Waals surface area contributed by atoms with Gasteiger partial charge in [0.1, 0.15) is 17.0 Å². The molecule has 0 spiro atoms. The molecule has 0 saturated carbocycles. The van der Waals surface area contributed by atoms with Crippen LogP contribution in [0.4, 0.5) is 5.82 Å². The van der Waals surface area contributed by atoms with Gasteiger partial charge in [-0.1, -0.05) is 29.3 Å². The van der Waals surface area contributed by atoms with Crippen LogP contribution in [-0.4, -0.2) is 9.97 Å². The van der Waals surface area contributed by atoms with E-state index < -0.39 is 0 Å². The fraction of sp³-hybridized carbons (Fsp3) is 0.143. The van der Waals surface area contributed by atoms with Gasteiger partial charge in [-0.2, -0.15) is 0 Å². The minimum Gasteiger partial charge on any atom is -0.363 e. The maximum absolute atomic E-state index is 6.23. The van der Waals surface area contributed by atoms with Crippen LogP contribution in [0, 0.1) is 0 Å². The van der Waals surface area contributed by atoms with Crippen LogP contribution in [0.1, 0.15) is 18.5 Å². The van der Waals surface area contributed by atoms with Gasteiger partial charge < -0.3 is 5.32 Å². The first-order valence-electron chi connectivity index (χ1n) is 6.05. The molecule has 3 nitrogen and oxygen atoms in total. The van der Waals surface area contributed by atoms with Crippen molar-refractivity contribution in [2.24, 2.45) is 0 Å². The zero-order chi connectivity index (χ0) is 14.1. The Hall–Kier alpha value is -1.36. The number of aromatic nitrogens is 2. The SMILES string of the molecule is C[C@@H](Nc1ncnc2sccc12)c1ccc(Cl)cc1Cl. The van der Waals surface area contributed by atoms with Gasteiger partial charge in [-0.05, 0) is 36.1 Å². The number of fused-ring (bicyclic) bond motifs is 1. The van der Waals surface area contributed by atoms with E-state index >= 15 is 0 Å². The second-order valence-electron chi connectivity index (χ2n) is 4.39. The molecular weight excluding hydrogens is 313 g/mol. The second-order valence-corrected chi connectivity index (χ2v) is 6.13. The van der Waals surface area contributed by atoms with Crippen molar-refractivity contribution < 1.29 is 0 Å². The van der Waals surface area contributed by atoms with E-state index in [4.69, 9.17) is 23.2 Å². The number of hydrogen-bond acceptors (Lipinski definition) is 4. The van der Waals surface area contributed by atoms with Crippen molar-refractivity contribution in [2.45, 2.75) is 13.0 Å². The molecule has 102 valence electrons. The number of anilines is 1. The highest BCUT2D eigenvalue weighted by molar-refractivity contribution is 7.16. The number of rotatable bonds is 3. The van der Waals surface area contributed by atoms with Crippen molar-refractivity contribution in [3.8, 4) is 0 Å². The van der Waals surface area contributed by atoms with E-state index in [1.807, 2.05) is 30.5 Å². The largest absolute Gasteiger partial charge is 0.363 e. The fourth-order valence-electron chi connectivity index (χ4n) is 2.04. The van der Waals surface area contributed by atoms with Crippen molar-refractivity contribution >= 4 is 50.6 Å². The standard InChI is InChI=1S/C14H11Cl2N3S/c1-8(10-3-2-9(15)6-12(10)16)19-13-11-4-5-20-14(11)18-7-17-13/h2-8H,1H3,(H,17,18,19)/t8-/m1/s1. The molecule has 0 fully saturated rings. The average molecular weight is 324 g/mol. The topological polar surface area (TPSA) is 37.8 Å². The molecule has 0 aliphatic carbocycles. The number of nitrogens with one attached hydrogen (secondary N) is 1. The number of hydrogen-bond donors (Lipinski definition) is 1. The molecular formula is C14H11Cl2N3S. The summed E-state index contributed by atoms with van der Waals surface area (Å²) in [7, 11) is 0. The summed E-state index contributed by atoms with van der Waals surface area (Å²) in [6.07, 6.45) is 1.57. The summed E-state index contributed by atoms with van der Waals surface area (Å²) in [5.74, 6) is 0.815. The smallest absolute Gasteiger partial charge is 0.138 e. The average Bonchev–Trinajstić information content (AvgIpc) is 2.87. The van der Waals surface area contributed by atoms with E-state index in [1.165, 1.54) is 0 Å². The quantitative estimate of drug-likeness (QED) is 0.722. The van der Waals surface area contributed by atoms with Crippen LogP contribution >= 0.6 is 34.5 Å². The number of nitrogens with zero attached hydrogens (tertiary/aromatic N) is 2. The van der Waals surface area contributed by atoms with Crippen molar-refractivity contribution in [3.63, 3.8) is 0 Å². The summed E-state index contributed by atoms with van der Waals surface area (Å²) in [6.45, 7) is 2.04. The van der Waals surface area contributed by atoms with Crippen molar-refractivity contribution in [1.29, 1.82) is 0 Å². The van der Waals surface area contributed by atoms with Gasteiger partial charge in [-0.15, -0.1) is 11.3 Å². The normalized spacial score (nSPS) is 12.6. The molecule has 0 amide bonds. The summed E-state index contributed by atoms with van der Waals surface area (Å²) in [4.78, 5) is 9.51. The Bertz CT molecular complexity index is 757. The molecule has 0 bridgehead atoms. The Morgan fingerprint density at radius 1 is 1.20 bits per heavy atom. The third-order valence-corrected chi connectivity index (χ3v) is 4.43. The molecule has 1 aromatic carbocycles. The van der Waals surface area contributed by atoms with Crippen LogP contribution in [-0.2, 0) is 0 Å². The van der Waals surface area contributed by atoms with Gasteiger partial charge >= 0.3 is 0 Å². The first-order chi connectivity index (χ1) is 9.65. The molecule has 0 aliphatic heterocycles. The first kappa shape index (κ1) is 13.6. The van der Waals surface area contributed by atoms with Crippen LogP contribution in [0.3, 0.4) is 0 Å². The maximum Gasteiger partial charge on any atom is 0.138 e. The monoisotopic (exact) mass is 323 g/mol. The van der Waals surface area contributed by atoms with E-state index in [2.05, 4.69) is 15.3 Å². The highest BCUT2D eigenvalue weighted by Gasteiger charge is 2.12. The number of halogens is 2. The highest BCUT2D eigenvalue weighted by atomic mass is 35.5. The third kappa shape index (κ3) is 2.59. The predicted octanol–water partition coefficient (Wildman–Crippen LogP) is 5.17. The molecule has 2 aromatic heterocycles. The highest BCUT2D eigenvalue weighted by Crippen LogP contribution is 2.30. The lowest BCUT2D eigenvalue weighted by molar-refractivity contribution is 0.876. The van der Waals surface area contributed by atoms with Crippen molar-refractivity contribution in [3.05, 3.63) is 51.6 Å². The van der Waals surface area contributed by atoms with E-state index in [1.54, 1.807) is 23.7 Å². The lowest BCUT2D eigenvalue weighted by Gasteiger charge is -2.16. The van der Waals surface area contributed by atoms with Crippen LogP contribution in [0.15, 0.2) is 36.0 Å². The van der Waals surface area contributed by atoms with Crippen molar-refractivity contribution in [1.82, 2.24) is 9.97 Å². The molecule has 20 heavy (non-hydrogen) atoms. The second kappa shape index (κ2) is 5.56. The minimum atomic E-state index is 0.0257. The Kier molecular flexibility index (Phi) is 3.78. The molecule has 2 heterocycles. The van der Waals surface area contributed by atoms with Gasteiger partial charge in [0.05, 0.1) is 11.4 Å².